The van der Waals surface area contributed by atoms with E-state index >= 15 is 0 Å². The van der Waals surface area contributed by atoms with E-state index in [0.29, 0.717) is 43.7 Å². The number of hydrogen-bond acceptors (Lipinski definition) is 6. The molecule has 8 nitrogen and oxygen atoms in total. The average molecular weight is 462 g/mol. The van der Waals surface area contributed by atoms with Crippen molar-refractivity contribution in [3.05, 3.63) is 22.7 Å². The third kappa shape index (κ3) is 4.62. The summed E-state index contributed by atoms with van der Waals surface area (Å²) >= 11 is 3.44. The smallest absolute Gasteiger partial charge is 0.243 e. The van der Waals surface area contributed by atoms with Crippen LogP contribution in [0.3, 0.4) is 0 Å². The maximum Gasteiger partial charge on any atom is 0.243 e. The number of hydrogen-bond donors (Lipinski definition) is 1. The number of halogens is 1. The molecule has 1 aromatic rings. The van der Waals surface area contributed by atoms with Gasteiger partial charge in [0, 0.05) is 37.7 Å². The van der Waals surface area contributed by atoms with Gasteiger partial charge < -0.3 is 19.6 Å². The number of sulfonamides is 1. The van der Waals surface area contributed by atoms with E-state index < -0.39 is 10.0 Å². The van der Waals surface area contributed by atoms with Crippen molar-refractivity contribution >= 4 is 37.5 Å². The van der Waals surface area contributed by atoms with E-state index in [0.717, 1.165) is 16.5 Å². The van der Waals surface area contributed by atoms with Gasteiger partial charge >= 0.3 is 0 Å². The van der Waals surface area contributed by atoms with Gasteiger partial charge in [-0.3, -0.25) is 4.79 Å². The molecule has 150 valence electrons. The number of carbonyl (C=O) groups excluding carboxylic acids is 1. The van der Waals surface area contributed by atoms with Gasteiger partial charge in [-0.2, -0.15) is 4.31 Å². The number of anilines is 1. The van der Waals surface area contributed by atoms with Crippen LogP contribution in [0, 0.1) is 0 Å². The Morgan fingerprint density at radius 2 is 2.04 bits per heavy atom. The molecule has 0 aromatic heterocycles. The number of amides is 1. The van der Waals surface area contributed by atoms with E-state index in [1.165, 1.54) is 13.1 Å². The zero-order valence-corrected chi connectivity index (χ0v) is 17.6. The largest absolute Gasteiger partial charge is 0.391 e. The Balaban J connectivity index is 1.71. The van der Waals surface area contributed by atoms with Crippen LogP contribution < -0.4 is 4.90 Å². The second-order valence-corrected chi connectivity index (χ2v) is 9.66. The fraction of sp³-hybridized carbons (Fsp3) is 0.588. The van der Waals surface area contributed by atoms with E-state index in [2.05, 4.69) is 15.9 Å². The first kappa shape index (κ1) is 20.5. The molecule has 2 aliphatic heterocycles. The molecule has 0 spiro atoms. The molecule has 0 radical (unpaired) electrons. The SMILES string of the molecule is CN(CC(=O)N1CCOCC1)S(=O)(=O)c1ccc(N2CCC(O)C2)c(Br)c1. The Labute approximate surface area is 167 Å². The third-order valence-corrected chi connectivity index (χ3v) is 7.29. The molecule has 1 aromatic carbocycles. The van der Waals surface area contributed by atoms with Crippen LogP contribution in [0.1, 0.15) is 6.42 Å². The number of morpholine rings is 1. The van der Waals surface area contributed by atoms with Gasteiger partial charge in [-0.1, -0.05) is 0 Å². The maximum atomic E-state index is 12.8. The van der Waals surface area contributed by atoms with Gasteiger partial charge in [0.1, 0.15) is 0 Å². The van der Waals surface area contributed by atoms with Gasteiger partial charge in [0.25, 0.3) is 0 Å². The highest BCUT2D eigenvalue weighted by Crippen LogP contribution is 2.32. The van der Waals surface area contributed by atoms with Crippen LogP contribution in [0.25, 0.3) is 0 Å². The van der Waals surface area contributed by atoms with Crippen molar-refractivity contribution in [2.45, 2.75) is 17.4 Å². The summed E-state index contributed by atoms with van der Waals surface area (Å²) in [5.74, 6) is -0.230. The van der Waals surface area contributed by atoms with E-state index in [9.17, 15) is 18.3 Å². The Bertz CT molecular complexity index is 798. The molecule has 2 fully saturated rings. The lowest BCUT2D eigenvalue weighted by Gasteiger charge is -2.28. The first-order valence-corrected chi connectivity index (χ1v) is 11.1. The number of likely N-dealkylation sites (N-methyl/N-ethyl adjacent to an activating group) is 1. The van der Waals surface area contributed by atoms with E-state index in [-0.39, 0.29) is 23.5 Å². The van der Waals surface area contributed by atoms with Crippen LogP contribution in [0.4, 0.5) is 5.69 Å². The number of nitrogens with zero attached hydrogens (tertiary/aromatic N) is 3. The maximum absolute atomic E-state index is 12.8. The predicted octanol–water partition coefficient (Wildman–Crippen LogP) is 0.499. The summed E-state index contributed by atoms with van der Waals surface area (Å²) in [4.78, 5) is 16.1. The number of β-amino-alcohol motifs (C(OH)–C–C–N with tert-alkyl or cyclic N) is 1. The number of aliphatic hydroxyl groups excluding tert-OH is 1. The number of ether oxygens (including phenoxy) is 1. The standard InChI is InChI=1S/C17H24BrN3O5S/c1-19(12-17(23)20-6-8-26-9-7-20)27(24,25)14-2-3-16(15(18)10-14)21-5-4-13(22)11-21/h2-3,10,13,22H,4-9,11-12H2,1H3. The lowest BCUT2D eigenvalue weighted by Crippen LogP contribution is -2.46. The van der Waals surface area contributed by atoms with Crippen molar-refractivity contribution in [2.75, 3.05) is 57.9 Å². The Hall–Kier alpha value is -1.20. The molecular formula is C17H24BrN3O5S. The highest BCUT2D eigenvalue weighted by Gasteiger charge is 2.28. The van der Waals surface area contributed by atoms with Crippen LogP contribution in [0.2, 0.25) is 0 Å². The van der Waals surface area contributed by atoms with Crippen LogP contribution in [0.5, 0.6) is 0 Å². The van der Waals surface area contributed by atoms with Gasteiger partial charge in [0.15, 0.2) is 0 Å². The molecule has 3 rings (SSSR count). The van der Waals surface area contributed by atoms with E-state index in [4.69, 9.17) is 4.74 Å². The van der Waals surface area contributed by atoms with Gasteiger partial charge in [-0.15, -0.1) is 0 Å². The summed E-state index contributed by atoms with van der Waals surface area (Å²) < 4.78 is 32.6. The molecule has 10 heteroatoms. The van der Waals surface area contributed by atoms with Crippen molar-refractivity contribution in [2.24, 2.45) is 0 Å². The molecule has 27 heavy (non-hydrogen) atoms. The Kier molecular flexibility index (Phi) is 6.42. The summed E-state index contributed by atoms with van der Waals surface area (Å²) in [7, 11) is -2.38. The Morgan fingerprint density at radius 3 is 2.63 bits per heavy atom. The first-order chi connectivity index (χ1) is 12.8. The predicted molar refractivity (Wildman–Crippen MR) is 104 cm³/mol. The van der Waals surface area contributed by atoms with Gasteiger partial charge in [-0.25, -0.2) is 8.42 Å². The fourth-order valence-corrected chi connectivity index (χ4v) is 5.16. The number of benzene rings is 1. The second-order valence-electron chi connectivity index (χ2n) is 6.76. The zero-order chi connectivity index (χ0) is 19.6. The van der Waals surface area contributed by atoms with Crippen molar-refractivity contribution in [1.29, 1.82) is 0 Å². The molecule has 1 N–H and O–H groups in total. The number of carbonyl (C=O) groups is 1. The lowest BCUT2D eigenvalue weighted by atomic mass is 10.3. The van der Waals surface area contributed by atoms with Crippen LogP contribution in [0.15, 0.2) is 27.6 Å². The number of rotatable bonds is 5. The highest BCUT2D eigenvalue weighted by atomic mass is 79.9. The lowest BCUT2D eigenvalue weighted by molar-refractivity contribution is -0.135. The summed E-state index contributed by atoms with van der Waals surface area (Å²) in [6, 6.07) is 4.81. The third-order valence-electron chi connectivity index (χ3n) is 4.85. The highest BCUT2D eigenvalue weighted by molar-refractivity contribution is 9.10. The van der Waals surface area contributed by atoms with Crippen molar-refractivity contribution < 1.29 is 23.1 Å². The molecule has 2 saturated heterocycles. The molecule has 1 atom stereocenters. The normalized spacial score (nSPS) is 21.1. The minimum Gasteiger partial charge on any atom is -0.391 e. The van der Waals surface area contributed by atoms with Crippen LogP contribution in [-0.4, -0.2) is 87.7 Å². The van der Waals surface area contributed by atoms with Gasteiger partial charge in [-0.05, 0) is 40.5 Å². The fourth-order valence-electron chi connectivity index (χ4n) is 3.23. The molecular weight excluding hydrogens is 438 g/mol. The van der Waals surface area contributed by atoms with E-state index in [1.807, 2.05) is 4.90 Å². The molecule has 2 heterocycles. The molecule has 2 aliphatic rings. The topological polar surface area (TPSA) is 90.4 Å². The second kappa shape index (κ2) is 8.44. The summed E-state index contributed by atoms with van der Waals surface area (Å²) in [6.07, 6.45) is 0.330. The van der Waals surface area contributed by atoms with E-state index in [1.54, 1.807) is 17.0 Å². The first-order valence-electron chi connectivity index (χ1n) is 8.83. The molecule has 1 amide bonds. The van der Waals surface area contributed by atoms with Crippen LogP contribution >= 0.6 is 15.9 Å². The van der Waals surface area contributed by atoms with Crippen molar-refractivity contribution in [1.82, 2.24) is 9.21 Å². The molecule has 0 aliphatic carbocycles. The monoisotopic (exact) mass is 461 g/mol. The van der Waals surface area contributed by atoms with Crippen molar-refractivity contribution in [3.63, 3.8) is 0 Å². The van der Waals surface area contributed by atoms with Gasteiger partial charge in [0.2, 0.25) is 15.9 Å². The minimum atomic E-state index is -3.79. The zero-order valence-electron chi connectivity index (χ0n) is 15.2. The molecule has 1 unspecified atom stereocenters. The van der Waals surface area contributed by atoms with Gasteiger partial charge in [0.05, 0.1) is 36.4 Å². The Morgan fingerprint density at radius 1 is 1.33 bits per heavy atom. The molecule has 0 saturated carbocycles. The quantitative estimate of drug-likeness (QED) is 0.686. The summed E-state index contributed by atoms with van der Waals surface area (Å²) in [5.41, 5.74) is 0.845. The average Bonchev–Trinajstić information content (AvgIpc) is 3.08. The number of aliphatic hydroxyl groups is 1. The minimum absolute atomic E-state index is 0.121. The van der Waals surface area contributed by atoms with Crippen molar-refractivity contribution in [3.8, 4) is 0 Å². The van der Waals surface area contributed by atoms with Crippen LogP contribution in [-0.2, 0) is 19.6 Å². The molecule has 0 bridgehead atoms. The summed E-state index contributed by atoms with van der Waals surface area (Å²) in [5, 5.41) is 9.70. The summed E-state index contributed by atoms with van der Waals surface area (Å²) in [6.45, 7) is 2.95.